The number of halogens is 1. The molecule has 0 aliphatic rings. The maximum Gasteiger partial charge on any atom is 0.339 e. The number of benzene rings is 1. The number of carbonyl (C=O) groups excluding carboxylic acids is 1. The maximum atomic E-state index is 11.4. The highest BCUT2D eigenvalue weighted by molar-refractivity contribution is 6.30. The molecule has 0 heterocycles. The maximum absolute atomic E-state index is 11.4. The molecule has 0 atom stereocenters. The lowest BCUT2D eigenvalue weighted by atomic mass is 10.2. The van der Waals surface area contributed by atoms with Crippen molar-refractivity contribution in [3.8, 4) is 0 Å². The fourth-order valence-electron chi connectivity index (χ4n) is 1.09. The molecule has 4 nitrogen and oxygen atoms in total. The van der Waals surface area contributed by atoms with Gasteiger partial charge in [-0.05, 0) is 30.5 Å². The summed E-state index contributed by atoms with van der Waals surface area (Å²) in [6.45, 7) is 4.16. The predicted octanol–water partition coefficient (Wildman–Crippen LogP) is 3.49. The van der Waals surface area contributed by atoms with Crippen molar-refractivity contribution in [2.75, 3.05) is 5.32 Å². The summed E-state index contributed by atoms with van der Waals surface area (Å²) in [5.74, 6) is 0.525. The highest BCUT2D eigenvalue weighted by atomic mass is 35.5. The van der Waals surface area contributed by atoms with Crippen molar-refractivity contribution in [1.82, 2.24) is 5.43 Å². The molecule has 0 fully saturated rings. The first-order valence-corrected chi connectivity index (χ1v) is 5.80. The quantitative estimate of drug-likeness (QED) is 0.626. The first-order chi connectivity index (χ1) is 8.08. The Labute approximate surface area is 106 Å². The van der Waals surface area contributed by atoms with E-state index in [0.29, 0.717) is 16.6 Å². The van der Waals surface area contributed by atoms with E-state index in [1.54, 1.807) is 30.5 Å². The van der Waals surface area contributed by atoms with Crippen LogP contribution in [0.2, 0.25) is 5.02 Å². The summed E-state index contributed by atoms with van der Waals surface area (Å²) in [5.41, 5.74) is 3.02. The van der Waals surface area contributed by atoms with Crippen LogP contribution in [0.4, 0.5) is 10.5 Å². The Morgan fingerprint density at radius 3 is 2.94 bits per heavy atom. The van der Waals surface area contributed by atoms with Crippen molar-refractivity contribution in [3.05, 3.63) is 29.3 Å². The summed E-state index contributed by atoms with van der Waals surface area (Å²) >= 11 is 5.79. The number of urea groups is 1. The van der Waals surface area contributed by atoms with E-state index in [1.165, 1.54) is 0 Å². The largest absolute Gasteiger partial charge is 0.339 e. The van der Waals surface area contributed by atoms with Gasteiger partial charge in [-0.25, -0.2) is 10.2 Å². The number of rotatable bonds is 4. The Hall–Kier alpha value is -1.55. The van der Waals surface area contributed by atoms with Gasteiger partial charge in [-0.15, -0.1) is 0 Å². The Morgan fingerprint density at radius 2 is 2.29 bits per heavy atom. The highest BCUT2D eigenvalue weighted by Crippen LogP contribution is 2.14. The molecular formula is C12H16ClN3O. The van der Waals surface area contributed by atoms with E-state index in [9.17, 15) is 4.79 Å². The van der Waals surface area contributed by atoms with Crippen LogP contribution in [-0.2, 0) is 0 Å². The summed E-state index contributed by atoms with van der Waals surface area (Å²) < 4.78 is 0. The SMILES string of the molecule is CC(C)CC=NNC(=O)Nc1cccc(Cl)c1. The molecule has 17 heavy (non-hydrogen) atoms. The van der Waals surface area contributed by atoms with Crippen molar-refractivity contribution >= 4 is 29.5 Å². The van der Waals surface area contributed by atoms with Gasteiger partial charge < -0.3 is 5.32 Å². The van der Waals surface area contributed by atoms with Crippen LogP contribution in [0.15, 0.2) is 29.4 Å². The lowest BCUT2D eigenvalue weighted by Gasteiger charge is -2.04. The number of carbonyl (C=O) groups is 1. The van der Waals surface area contributed by atoms with Gasteiger partial charge >= 0.3 is 6.03 Å². The van der Waals surface area contributed by atoms with Gasteiger partial charge in [0.05, 0.1) is 0 Å². The zero-order valence-electron chi connectivity index (χ0n) is 9.90. The highest BCUT2D eigenvalue weighted by Gasteiger charge is 1.99. The summed E-state index contributed by atoms with van der Waals surface area (Å²) in [6, 6.07) is 6.54. The molecule has 0 saturated carbocycles. The first-order valence-electron chi connectivity index (χ1n) is 5.42. The van der Waals surface area contributed by atoms with Crippen LogP contribution in [0.1, 0.15) is 20.3 Å². The summed E-state index contributed by atoms with van der Waals surface area (Å²) in [7, 11) is 0. The second kappa shape index (κ2) is 6.91. The minimum atomic E-state index is -0.382. The van der Waals surface area contributed by atoms with Crippen molar-refractivity contribution in [2.24, 2.45) is 11.0 Å². The zero-order chi connectivity index (χ0) is 12.7. The molecule has 92 valence electrons. The molecule has 0 aliphatic carbocycles. The Bertz CT molecular complexity index is 404. The van der Waals surface area contributed by atoms with E-state index in [-0.39, 0.29) is 6.03 Å². The summed E-state index contributed by atoms with van der Waals surface area (Å²) in [4.78, 5) is 11.4. The number of nitrogens with zero attached hydrogens (tertiary/aromatic N) is 1. The van der Waals surface area contributed by atoms with Crippen LogP contribution < -0.4 is 10.7 Å². The number of nitrogens with one attached hydrogen (secondary N) is 2. The average molecular weight is 254 g/mol. The van der Waals surface area contributed by atoms with Gasteiger partial charge in [0.2, 0.25) is 0 Å². The fraction of sp³-hybridized carbons (Fsp3) is 0.333. The van der Waals surface area contributed by atoms with Crippen molar-refractivity contribution in [2.45, 2.75) is 20.3 Å². The van der Waals surface area contributed by atoms with Crippen LogP contribution in [0, 0.1) is 5.92 Å². The van der Waals surface area contributed by atoms with Crippen LogP contribution in [0.25, 0.3) is 0 Å². The molecule has 0 radical (unpaired) electrons. The molecule has 2 N–H and O–H groups in total. The molecule has 0 aliphatic heterocycles. The summed E-state index contributed by atoms with van der Waals surface area (Å²) in [5, 5.41) is 7.01. The minimum absolute atomic E-state index is 0.382. The lowest BCUT2D eigenvalue weighted by molar-refractivity contribution is 0.252. The predicted molar refractivity (Wildman–Crippen MR) is 71.6 cm³/mol. The third-order valence-electron chi connectivity index (χ3n) is 1.92. The third kappa shape index (κ3) is 5.92. The molecule has 1 rings (SSSR count). The van der Waals surface area contributed by atoms with E-state index in [2.05, 4.69) is 29.7 Å². The molecular weight excluding hydrogens is 238 g/mol. The minimum Gasteiger partial charge on any atom is -0.306 e. The van der Waals surface area contributed by atoms with Crippen molar-refractivity contribution in [3.63, 3.8) is 0 Å². The van der Waals surface area contributed by atoms with Crippen molar-refractivity contribution < 1.29 is 4.79 Å². The van der Waals surface area contributed by atoms with E-state index < -0.39 is 0 Å². The van der Waals surface area contributed by atoms with Gasteiger partial charge in [-0.2, -0.15) is 5.10 Å². The van der Waals surface area contributed by atoms with Gasteiger partial charge in [0.15, 0.2) is 0 Å². The molecule has 1 aromatic rings. The fourth-order valence-corrected chi connectivity index (χ4v) is 1.28. The van der Waals surface area contributed by atoms with Crippen LogP contribution >= 0.6 is 11.6 Å². The van der Waals surface area contributed by atoms with E-state index in [4.69, 9.17) is 11.6 Å². The molecule has 5 heteroatoms. The van der Waals surface area contributed by atoms with Gasteiger partial charge in [-0.1, -0.05) is 31.5 Å². The molecule has 0 aromatic heterocycles. The molecule has 0 spiro atoms. The number of amides is 2. The Kier molecular flexibility index (Phi) is 5.49. The van der Waals surface area contributed by atoms with Gasteiger partial charge in [0, 0.05) is 16.9 Å². The molecule has 0 bridgehead atoms. The zero-order valence-corrected chi connectivity index (χ0v) is 10.7. The summed E-state index contributed by atoms with van der Waals surface area (Å²) in [6.07, 6.45) is 2.51. The van der Waals surface area contributed by atoms with Gasteiger partial charge in [0.1, 0.15) is 0 Å². The standard InChI is InChI=1S/C12H16ClN3O/c1-9(2)6-7-14-16-12(17)15-11-5-3-4-10(13)8-11/h3-5,7-9H,6H2,1-2H3,(H2,15,16,17). The lowest BCUT2D eigenvalue weighted by Crippen LogP contribution is -2.24. The van der Waals surface area contributed by atoms with Gasteiger partial charge in [-0.3, -0.25) is 0 Å². The Balaban J connectivity index is 2.37. The monoisotopic (exact) mass is 253 g/mol. The molecule has 0 saturated heterocycles. The smallest absolute Gasteiger partial charge is 0.306 e. The molecule has 2 amide bonds. The van der Waals surface area contributed by atoms with Crippen LogP contribution in [0.3, 0.4) is 0 Å². The number of anilines is 1. The first kappa shape index (κ1) is 13.5. The van der Waals surface area contributed by atoms with Gasteiger partial charge in [0.25, 0.3) is 0 Å². The number of hydrogen-bond acceptors (Lipinski definition) is 2. The Morgan fingerprint density at radius 1 is 1.53 bits per heavy atom. The number of hydrogen-bond donors (Lipinski definition) is 2. The normalized spacial score (nSPS) is 10.8. The third-order valence-corrected chi connectivity index (χ3v) is 2.15. The van der Waals surface area contributed by atoms with Crippen molar-refractivity contribution in [1.29, 1.82) is 0 Å². The second-order valence-electron chi connectivity index (χ2n) is 4.02. The topological polar surface area (TPSA) is 53.5 Å². The molecule has 1 aromatic carbocycles. The number of hydrazone groups is 1. The second-order valence-corrected chi connectivity index (χ2v) is 4.45. The van der Waals surface area contributed by atoms with Crippen LogP contribution in [0.5, 0.6) is 0 Å². The van der Waals surface area contributed by atoms with E-state index >= 15 is 0 Å². The van der Waals surface area contributed by atoms with E-state index in [1.807, 2.05) is 0 Å². The molecule has 0 unspecified atom stereocenters. The van der Waals surface area contributed by atoms with Crippen LogP contribution in [-0.4, -0.2) is 12.2 Å². The van der Waals surface area contributed by atoms with E-state index in [0.717, 1.165) is 6.42 Å². The average Bonchev–Trinajstić information content (AvgIpc) is 2.24.